The molecule has 2 amide bonds. The first-order valence-corrected chi connectivity index (χ1v) is 10.3. The Morgan fingerprint density at radius 1 is 1.12 bits per heavy atom. The fourth-order valence-electron chi connectivity index (χ4n) is 3.88. The highest BCUT2D eigenvalue weighted by Crippen LogP contribution is 2.52. The second kappa shape index (κ2) is 7.79. The SMILES string of the molecule is [B]C([B])([B])N1C(=O)[C@@H](NC(=O)c2nnc(C3(c4ccccc4)CC3)o2)COc2cccnc21. The van der Waals surface area contributed by atoms with E-state index in [0.29, 0.717) is 5.89 Å². The van der Waals surface area contributed by atoms with Gasteiger partial charge in [-0.25, -0.2) is 4.98 Å². The molecule has 0 bridgehead atoms. The van der Waals surface area contributed by atoms with Crippen LogP contribution in [0.25, 0.3) is 0 Å². The Morgan fingerprint density at radius 2 is 1.88 bits per heavy atom. The fraction of sp³-hybridized carbons (Fsp3) is 0.286. The lowest BCUT2D eigenvalue weighted by atomic mass is 9.48. The molecule has 12 heteroatoms. The normalized spacial score (nSPS) is 19.2. The molecule has 1 atom stereocenters. The molecule has 1 fully saturated rings. The van der Waals surface area contributed by atoms with Gasteiger partial charge in [-0.2, -0.15) is 0 Å². The number of benzene rings is 1. The Morgan fingerprint density at radius 3 is 2.58 bits per heavy atom. The van der Waals surface area contributed by atoms with Crippen molar-refractivity contribution in [1.82, 2.24) is 20.5 Å². The first kappa shape index (κ1) is 21.3. The quantitative estimate of drug-likeness (QED) is 0.570. The van der Waals surface area contributed by atoms with Crippen molar-refractivity contribution in [3.63, 3.8) is 0 Å². The molecule has 0 spiro atoms. The minimum absolute atomic E-state index is 0.0466. The standard InChI is InChI=1S/C21H16B3N5O4/c22-21(23,24)29-15-14(7-4-10-25-15)32-11-13(18(29)31)26-16(30)17-27-28-19(33-17)20(8-9-20)12-5-2-1-3-6-12/h1-7,10,13H,8-9,11H2,(H,26,30)/t13-/m0/s1. The number of hydrogen-bond acceptors (Lipinski definition) is 7. The highest BCUT2D eigenvalue weighted by atomic mass is 16.5. The number of amides is 2. The molecule has 1 aliphatic heterocycles. The van der Waals surface area contributed by atoms with E-state index in [9.17, 15) is 9.59 Å². The lowest BCUT2D eigenvalue weighted by Gasteiger charge is -2.37. The van der Waals surface area contributed by atoms with Crippen molar-refractivity contribution in [1.29, 1.82) is 0 Å². The number of pyridine rings is 1. The summed E-state index contributed by atoms with van der Waals surface area (Å²) in [5.41, 5.74) is 0.648. The first-order chi connectivity index (χ1) is 15.8. The van der Waals surface area contributed by atoms with Crippen LogP contribution in [0.4, 0.5) is 5.82 Å². The zero-order valence-corrected chi connectivity index (χ0v) is 17.5. The molecule has 9 nitrogen and oxygen atoms in total. The molecule has 2 aliphatic rings. The second-order valence-corrected chi connectivity index (χ2v) is 8.08. The van der Waals surface area contributed by atoms with Crippen molar-refractivity contribution >= 4 is 41.2 Å². The van der Waals surface area contributed by atoms with Crippen molar-refractivity contribution in [3.05, 3.63) is 66.0 Å². The third-order valence-corrected chi connectivity index (χ3v) is 5.68. The van der Waals surface area contributed by atoms with E-state index in [1.165, 1.54) is 6.20 Å². The summed E-state index contributed by atoms with van der Waals surface area (Å²) in [7, 11) is 17.4. The number of aromatic nitrogens is 3. The molecule has 3 aromatic rings. The summed E-state index contributed by atoms with van der Waals surface area (Å²) in [6.45, 7) is -0.204. The summed E-state index contributed by atoms with van der Waals surface area (Å²) in [4.78, 5) is 31.0. The van der Waals surface area contributed by atoms with Gasteiger partial charge in [0.2, 0.25) is 5.89 Å². The highest BCUT2D eigenvalue weighted by Gasteiger charge is 2.51. The first-order valence-electron chi connectivity index (χ1n) is 10.3. The molecule has 6 radical (unpaired) electrons. The molecule has 1 aliphatic carbocycles. The van der Waals surface area contributed by atoms with Gasteiger partial charge in [0.25, 0.3) is 5.91 Å². The number of nitrogens with one attached hydrogen (secondary N) is 1. The van der Waals surface area contributed by atoms with Crippen LogP contribution in [-0.2, 0) is 10.2 Å². The maximum absolute atomic E-state index is 13.2. The Kier molecular flexibility index (Phi) is 5.03. The van der Waals surface area contributed by atoms with Crippen LogP contribution in [0.1, 0.15) is 35.0 Å². The molecule has 0 saturated heterocycles. The third-order valence-electron chi connectivity index (χ3n) is 5.68. The average Bonchev–Trinajstić information content (AvgIpc) is 3.48. The second-order valence-electron chi connectivity index (χ2n) is 8.08. The zero-order valence-electron chi connectivity index (χ0n) is 17.5. The Bertz CT molecular complexity index is 1210. The van der Waals surface area contributed by atoms with E-state index in [-0.39, 0.29) is 24.1 Å². The molecular formula is C21H16B3N5O4. The highest BCUT2D eigenvalue weighted by molar-refractivity contribution is 6.62. The number of rotatable bonds is 5. The van der Waals surface area contributed by atoms with Crippen molar-refractivity contribution < 1.29 is 18.7 Å². The van der Waals surface area contributed by atoms with Crippen LogP contribution in [0.5, 0.6) is 5.75 Å². The van der Waals surface area contributed by atoms with Crippen LogP contribution in [0, 0.1) is 0 Å². The van der Waals surface area contributed by atoms with E-state index in [2.05, 4.69) is 20.5 Å². The number of fused-ring (bicyclic) bond motifs is 1. The number of ether oxygens (including phenoxy) is 1. The minimum Gasteiger partial charge on any atom is -0.487 e. The van der Waals surface area contributed by atoms with Crippen LogP contribution in [0.15, 0.2) is 53.1 Å². The van der Waals surface area contributed by atoms with Crippen LogP contribution < -0.4 is 15.0 Å². The fourth-order valence-corrected chi connectivity index (χ4v) is 3.88. The van der Waals surface area contributed by atoms with Gasteiger partial charge in [0, 0.05) is 6.20 Å². The summed E-state index contributed by atoms with van der Waals surface area (Å²) >= 11 is 0. The van der Waals surface area contributed by atoms with Gasteiger partial charge in [0.15, 0.2) is 11.6 Å². The topological polar surface area (TPSA) is 110 Å². The Labute approximate surface area is 193 Å². The summed E-state index contributed by atoms with van der Waals surface area (Å²) in [5.74, 6) is -1.07. The van der Waals surface area contributed by atoms with Gasteiger partial charge in [0.05, 0.1) is 29.0 Å². The monoisotopic (exact) mass is 435 g/mol. The molecular weight excluding hydrogens is 419 g/mol. The summed E-state index contributed by atoms with van der Waals surface area (Å²) in [5, 5.41) is 8.44. The van der Waals surface area contributed by atoms with E-state index in [1.54, 1.807) is 12.1 Å². The van der Waals surface area contributed by atoms with Crippen molar-refractivity contribution in [2.24, 2.45) is 0 Å². The summed E-state index contributed by atoms with van der Waals surface area (Å²) in [6.07, 6.45) is 3.11. The third kappa shape index (κ3) is 3.79. The summed E-state index contributed by atoms with van der Waals surface area (Å²) < 4.78 is 11.4. The molecule has 1 N–H and O–H groups in total. The summed E-state index contributed by atoms with van der Waals surface area (Å²) in [6, 6.07) is 11.8. The molecule has 33 heavy (non-hydrogen) atoms. The maximum atomic E-state index is 13.2. The van der Waals surface area contributed by atoms with E-state index < -0.39 is 28.5 Å². The van der Waals surface area contributed by atoms with E-state index in [4.69, 9.17) is 32.7 Å². The van der Waals surface area contributed by atoms with Crippen molar-refractivity contribution in [2.75, 3.05) is 11.5 Å². The molecule has 1 aromatic carbocycles. The Hall–Kier alpha value is -3.56. The molecule has 1 saturated carbocycles. The molecule has 158 valence electrons. The molecule has 5 rings (SSSR count). The Balaban J connectivity index is 1.37. The van der Waals surface area contributed by atoms with Gasteiger partial charge in [-0.3, -0.25) is 9.59 Å². The van der Waals surface area contributed by atoms with Crippen LogP contribution in [0.3, 0.4) is 0 Å². The number of nitrogens with zero attached hydrogens (tertiary/aromatic N) is 4. The van der Waals surface area contributed by atoms with E-state index in [0.717, 1.165) is 23.3 Å². The number of carbonyl (C=O) groups is 2. The zero-order chi connectivity index (χ0) is 23.2. The number of carbonyl (C=O) groups excluding carboxylic acids is 2. The van der Waals surface area contributed by atoms with Crippen LogP contribution in [-0.4, -0.2) is 68.4 Å². The largest absolute Gasteiger partial charge is 0.487 e. The smallest absolute Gasteiger partial charge is 0.309 e. The van der Waals surface area contributed by atoms with Crippen molar-refractivity contribution in [3.8, 4) is 5.75 Å². The van der Waals surface area contributed by atoms with Gasteiger partial charge in [-0.1, -0.05) is 35.6 Å². The van der Waals surface area contributed by atoms with Gasteiger partial charge in [-0.05, 0) is 30.5 Å². The molecule has 3 heterocycles. The van der Waals surface area contributed by atoms with Gasteiger partial charge < -0.3 is 19.4 Å². The average molecular weight is 435 g/mol. The van der Waals surface area contributed by atoms with Crippen LogP contribution >= 0.6 is 0 Å². The molecule has 0 unspecified atom stereocenters. The minimum atomic E-state index is -2.08. The maximum Gasteiger partial charge on any atom is 0.309 e. The van der Waals surface area contributed by atoms with E-state index >= 15 is 0 Å². The number of hydrogen-bond donors (Lipinski definition) is 1. The predicted octanol–water partition coefficient (Wildman–Crippen LogP) is 0.185. The van der Waals surface area contributed by atoms with Crippen LogP contribution in [0.2, 0.25) is 0 Å². The van der Waals surface area contributed by atoms with Gasteiger partial charge in [0.1, 0.15) is 12.6 Å². The van der Waals surface area contributed by atoms with Gasteiger partial charge in [-0.15, -0.1) is 10.2 Å². The molecule has 2 aromatic heterocycles. The van der Waals surface area contributed by atoms with Crippen molar-refractivity contribution in [2.45, 2.75) is 29.5 Å². The predicted molar refractivity (Wildman–Crippen MR) is 119 cm³/mol. The lowest BCUT2D eigenvalue weighted by Crippen LogP contribution is -2.60. The number of anilines is 1. The van der Waals surface area contributed by atoms with E-state index in [1.807, 2.05) is 30.3 Å². The lowest BCUT2D eigenvalue weighted by molar-refractivity contribution is -0.120. The van der Waals surface area contributed by atoms with Gasteiger partial charge >= 0.3 is 11.8 Å².